The summed E-state index contributed by atoms with van der Waals surface area (Å²) in [5.74, 6) is 2.11. The number of hydrogen-bond donors (Lipinski definition) is 0. The van der Waals surface area contributed by atoms with Gasteiger partial charge in [0.15, 0.2) is 0 Å². The third kappa shape index (κ3) is 4.02. The van der Waals surface area contributed by atoms with Crippen molar-refractivity contribution in [3.8, 4) is 0 Å². The Bertz CT molecular complexity index is 476. The van der Waals surface area contributed by atoms with E-state index in [0.717, 1.165) is 13.1 Å². The Balaban J connectivity index is 1.91. The number of aryl methyl sites for hydroxylation is 2. The Morgan fingerprint density at radius 3 is 2.50 bits per heavy atom. The number of thioether (sulfide) groups is 1. The molecule has 110 valence electrons. The summed E-state index contributed by atoms with van der Waals surface area (Å²) in [6.07, 6.45) is 1.24. The largest absolute Gasteiger partial charge is 0.341 e. The summed E-state index contributed by atoms with van der Waals surface area (Å²) in [5, 5.41) is 0. The second-order valence-electron chi connectivity index (χ2n) is 6.30. The van der Waals surface area contributed by atoms with Gasteiger partial charge in [-0.15, -0.1) is 11.8 Å². The van der Waals surface area contributed by atoms with Crippen molar-refractivity contribution in [2.45, 2.75) is 39.0 Å². The number of rotatable bonds is 3. The van der Waals surface area contributed by atoms with Gasteiger partial charge in [-0.3, -0.25) is 4.79 Å². The van der Waals surface area contributed by atoms with Crippen LogP contribution in [0.1, 0.15) is 31.4 Å². The van der Waals surface area contributed by atoms with Crippen molar-refractivity contribution in [2.75, 3.05) is 18.8 Å². The van der Waals surface area contributed by atoms with Gasteiger partial charge in [0, 0.05) is 18.0 Å². The van der Waals surface area contributed by atoms with Crippen LogP contribution in [0.5, 0.6) is 0 Å². The Morgan fingerprint density at radius 2 is 1.90 bits per heavy atom. The quantitative estimate of drug-likeness (QED) is 0.787. The molecule has 0 spiro atoms. The Labute approximate surface area is 126 Å². The molecule has 3 heteroatoms. The minimum atomic E-state index is 0.286. The Hall–Kier alpha value is -0.960. The molecule has 0 aromatic heterocycles. The van der Waals surface area contributed by atoms with Gasteiger partial charge in [0.05, 0.1) is 5.75 Å². The maximum atomic E-state index is 12.3. The number of carbonyl (C=O) groups excluding carboxylic acids is 1. The van der Waals surface area contributed by atoms with Crippen molar-refractivity contribution >= 4 is 17.7 Å². The van der Waals surface area contributed by atoms with Crippen molar-refractivity contribution in [1.82, 2.24) is 4.90 Å². The van der Waals surface area contributed by atoms with Crippen molar-refractivity contribution in [3.05, 3.63) is 29.3 Å². The predicted octanol–water partition coefficient (Wildman–Crippen LogP) is 3.90. The highest BCUT2D eigenvalue weighted by atomic mass is 32.2. The van der Waals surface area contributed by atoms with Crippen molar-refractivity contribution in [3.63, 3.8) is 0 Å². The second kappa shape index (κ2) is 6.66. The molecule has 0 bridgehead atoms. The monoisotopic (exact) mass is 291 g/mol. The first-order valence-corrected chi connectivity index (χ1v) is 8.42. The van der Waals surface area contributed by atoms with Crippen LogP contribution < -0.4 is 0 Å². The van der Waals surface area contributed by atoms with E-state index in [-0.39, 0.29) is 5.91 Å². The maximum Gasteiger partial charge on any atom is 0.232 e. The molecule has 0 saturated carbocycles. The fourth-order valence-electron chi connectivity index (χ4n) is 3.06. The predicted molar refractivity (Wildman–Crippen MR) is 86.2 cm³/mol. The molecular weight excluding hydrogens is 266 g/mol. The van der Waals surface area contributed by atoms with E-state index in [4.69, 9.17) is 0 Å². The van der Waals surface area contributed by atoms with Gasteiger partial charge in [-0.25, -0.2) is 0 Å². The molecule has 1 amide bonds. The van der Waals surface area contributed by atoms with Crippen LogP contribution in [-0.4, -0.2) is 29.6 Å². The van der Waals surface area contributed by atoms with Crippen LogP contribution >= 0.6 is 11.8 Å². The molecule has 1 aliphatic rings. The Kier molecular flexibility index (Phi) is 5.14. The van der Waals surface area contributed by atoms with Crippen molar-refractivity contribution < 1.29 is 4.79 Å². The van der Waals surface area contributed by atoms with Gasteiger partial charge < -0.3 is 4.90 Å². The molecule has 2 unspecified atom stereocenters. The van der Waals surface area contributed by atoms with Gasteiger partial charge in [0.2, 0.25) is 5.91 Å². The molecule has 1 aromatic carbocycles. The number of nitrogens with zero attached hydrogens (tertiary/aromatic N) is 1. The number of hydrogen-bond acceptors (Lipinski definition) is 2. The maximum absolute atomic E-state index is 12.3. The van der Waals surface area contributed by atoms with E-state index in [1.165, 1.54) is 22.4 Å². The van der Waals surface area contributed by atoms with Crippen LogP contribution in [0, 0.1) is 25.7 Å². The van der Waals surface area contributed by atoms with Gasteiger partial charge in [0.1, 0.15) is 0 Å². The number of likely N-dealkylation sites (tertiary alicyclic amines) is 1. The van der Waals surface area contributed by atoms with E-state index in [2.05, 4.69) is 50.8 Å². The summed E-state index contributed by atoms with van der Waals surface area (Å²) in [6.45, 7) is 10.6. The third-order valence-electron chi connectivity index (χ3n) is 3.90. The molecule has 1 aromatic rings. The molecule has 1 fully saturated rings. The smallest absolute Gasteiger partial charge is 0.232 e. The van der Waals surface area contributed by atoms with Crippen LogP contribution in [-0.2, 0) is 4.79 Å². The summed E-state index contributed by atoms with van der Waals surface area (Å²) in [7, 11) is 0. The summed E-state index contributed by atoms with van der Waals surface area (Å²) in [6, 6.07) is 6.42. The fourth-order valence-corrected chi connectivity index (χ4v) is 3.97. The summed E-state index contributed by atoms with van der Waals surface area (Å²) in [5.41, 5.74) is 2.54. The first-order chi connectivity index (χ1) is 9.45. The lowest BCUT2D eigenvalue weighted by atomic mass is 9.92. The first kappa shape index (κ1) is 15.4. The number of piperidine rings is 1. The molecule has 1 saturated heterocycles. The average Bonchev–Trinajstić information content (AvgIpc) is 2.36. The Morgan fingerprint density at radius 1 is 1.25 bits per heavy atom. The molecule has 0 radical (unpaired) electrons. The lowest BCUT2D eigenvalue weighted by Gasteiger charge is -2.35. The van der Waals surface area contributed by atoms with E-state index < -0.39 is 0 Å². The van der Waals surface area contributed by atoms with Crippen molar-refractivity contribution in [1.29, 1.82) is 0 Å². The SMILES string of the molecule is Cc1ccc(SCC(=O)N2CC(C)CC(C)C2)c(C)c1. The molecule has 0 N–H and O–H groups in total. The van der Waals surface area contributed by atoms with Gasteiger partial charge in [0.25, 0.3) is 0 Å². The molecule has 0 aliphatic carbocycles. The highest BCUT2D eigenvalue weighted by molar-refractivity contribution is 8.00. The minimum absolute atomic E-state index is 0.286. The van der Waals surface area contributed by atoms with Crippen LogP contribution in [0.4, 0.5) is 0 Å². The third-order valence-corrected chi connectivity index (χ3v) is 5.06. The van der Waals surface area contributed by atoms with Gasteiger partial charge in [-0.2, -0.15) is 0 Å². The van der Waals surface area contributed by atoms with E-state index in [1.807, 2.05) is 0 Å². The van der Waals surface area contributed by atoms with Crippen LogP contribution in [0.15, 0.2) is 23.1 Å². The number of carbonyl (C=O) groups is 1. The zero-order valence-corrected chi connectivity index (χ0v) is 13.8. The van der Waals surface area contributed by atoms with E-state index in [0.29, 0.717) is 17.6 Å². The molecule has 1 heterocycles. The van der Waals surface area contributed by atoms with Gasteiger partial charge in [-0.1, -0.05) is 31.5 Å². The normalized spacial score (nSPS) is 22.9. The van der Waals surface area contributed by atoms with Crippen LogP contribution in [0.3, 0.4) is 0 Å². The van der Waals surface area contributed by atoms with E-state index in [1.54, 1.807) is 11.8 Å². The summed E-state index contributed by atoms with van der Waals surface area (Å²) >= 11 is 1.67. The van der Waals surface area contributed by atoms with Crippen molar-refractivity contribution in [2.24, 2.45) is 11.8 Å². The average molecular weight is 291 g/mol. The summed E-state index contributed by atoms with van der Waals surface area (Å²) < 4.78 is 0. The zero-order valence-electron chi connectivity index (χ0n) is 13.0. The summed E-state index contributed by atoms with van der Waals surface area (Å²) in [4.78, 5) is 15.6. The molecule has 2 rings (SSSR count). The van der Waals surface area contributed by atoms with Crippen LogP contribution in [0.25, 0.3) is 0 Å². The lowest BCUT2D eigenvalue weighted by Crippen LogP contribution is -2.43. The second-order valence-corrected chi connectivity index (χ2v) is 7.32. The van der Waals surface area contributed by atoms with Gasteiger partial charge in [-0.05, 0) is 43.7 Å². The molecule has 20 heavy (non-hydrogen) atoms. The molecular formula is C17H25NOS. The fraction of sp³-hybridized carbons (Fsp3) is 0.588. The van der Waals surface area contributed by atoms with E-state index >= 15 is 0 Å². The van der Waals surface area contributed by atoms with Gasteiger partial charge >= 0.3 is 0 Å². The van der Waals surface area contributed by atoms with E-state index in [9.17, 15) is 4.79 Å². The number of amides is 1. The molecule has 2 nitrogen and oxygen atoms in total. The zero-order chi connectivity index (χ0) is 14.7. The minimum Gasteiger partial charge on any atom is -0.341 e. The highest BCUT2D eigenvalue weighted by Gasteiger charge is 2.25. The first-order valence-electron chi connectivity index (χ1n) is 7.43. The number of benzene rings is 1. The lowest BCUT2D eigenvalue weighted by molar-refractivity contribution is -0.130. The molecule has 1 aliphatic heterocycles. The molecule has 2 atom stereocenters. The topological polar surface area (TPSA) is 20.3 Å². The highest BCUT2D eigenvalue weighted by Crippen LogP contribution is 2.25. The van der Waals surface area contributed by atoms with Crippen LogP contribution in [0.2, 0.25) is 0 Å². The standard InChI is InChI=1S/C17H25NOS/c1-12-5-6-16(15(4)8-12)20-11-17(19)18-9-13(2)7-14(3)10-18/h5-6,8,13-14H,7,9-11H2,1-4H3.